The van der Waals surface area contributed by atoms with Crippen molar-refractivity contribution in [3.63, 3.8) is 0 Å². The SMILES string of the molecule is CCCCCCCCN(CCOc1ccc(CC(OCC)C(=O)O)cc1)C(=O)NCc1ccc(F)cc1. The van der Waals surface area contributed by atoms with Crippen LogP contribution in [0.25, 0.3) is 0 Å². The maximum absolute atomic E-state index is 13.1. The predicted molar refractivity (Wildman–Crippen MR) is 142 cm³/mol. The number of carbonyl (C=O) groups is 2. The number of rotatable bonds is 18. The van der Waals surface area contributed by atoms with Gasteiger partial charge in [-0.15, -0.1) is 0 Å². The van der Waals surface area contributed by atoms with Gasteiger partial charge in [-0.25, -0.2) is 14.0 Å². The number of hydrogen-bond acceptors (Lipinski definition) is 4. The molecule has 0 aliphatic rings. The Morgan fingerprint density at radius 1 is 0.919 bits per heavy atom. The summed E-state index contributed by atoms with van der Waals surface area (Å²) >= 11 is 0. The fourth-order valence-electron chi connectivity index (χ4n) is 3.92. The maximum atomic E-state index is 13.1. The first-order valence-electron chi connectivity index (χ1n) is 13.3. The molecule has 37 heavy (non-hydrogen) atoms. The highest BCUT2D eigenvalue weighted by Gasteiger charge is 2.18. The molecular weight excluding hydrogens is 475 g/mol. The van der Waals surface area contributed by atoms with Crippen molar-refractivity contribution < 1.29 is 28.6 Å². The van der Waals surface area contributed by atoms with Gasteiger partial charge >= 0.3 is 12.0 Å². The minimum Gasteiger partial charge on any atom is -0.492 e. The summed E-state index contributed by atoms with van der Waals surface area (Å²) in [5.74, 6) is -0.635. The molecule has 0 aliphatic heterocycles. The van der Waals surface area contributed by atoms with E-state index in [0.29, 0.717) is 38.6 Å². The molecular formula is C29H41FN2O5. The summed E-state index contributed by atoms with van der Waals surface area (Å²) in [6.07, 6.45) is 6.21. The number of aliphatic carboxylic acids is 1. The van der Waals surface area contributed by atoms with Gasteiger partial charge in [-0.05, 0) is 48.7 Å². The number of nitrogens with zero attached hydrogens (tertiary/aromatic N) is 1. The molecule has 0 bridgehead atoms. The number of hydrogen-bond donors (Lipinski definition) is 2. The number of ether oxygens (including phenoxy) is 2. The van der Waals surface area contributed by atoms with E-state index in [-0.39, 0.29) is 18.3 Å². The first kappa shape index (κ1) is 30.1. The van der Waals surface area contributed by atoms with Crippen molar-refractivity contribution in [2.75, 3.05) is 26.3 Å². The third kappa shape index (κ3) is 12.1. The van der Waals surface area contributed by atoms with Gasteiger partial charge in [-0.2, -0.15) is 0 Å². The van der Waals surface area contributed by atoms with Crippen molar-refractivity contribution in [3.05, 3.63) is 65.5 Å². The molecule has 0 saturated heterocycles. The smallest absolute Gasteiger partial charge is 0.333 e. The minimum absolute atomic E-state index is 0.174. The monoisotopic (exact) mass is 516 g/mol. The average Bonchev–Trinajstić information content (AvgIpc) is 2.89. The molecule has 2 amide bonds. The van der Waals surface area contributed by atoms with Crippen LogP contribution in [0.4, 0.5) is 9.18 Å². The molecule has 0 aliphatic carbocycles. The second-order valence-electron chi connectivity index (χ2n) is 9.02. The van der Waals surface area contributed by atoms with Crippen molar-refractivity contribution in [1.29, 1.82) is 0 Å². The van der Waals surface area contributed by atoms with E-state index in [0.717, 1.165) is 30.4 Å². The zero-order valence-electron chi connectivity index (χ0n) is 22.1. The first-order chi connectivity index (χ1) is 17.9. The number of unbranched alkanes of at least 4 members (excludes halogenated alkanes) is 5. The number of carboxylic acid groups (broad SMARTS) is 1. The second kappa shape index (κ2) is 17.3. The molecule has 1 unspecified atom stereocenters. The molecule has 0 spiro atoms. The lowest BCUT2D eigenvalue weighted by atomic mass is 10.1. The van der Waals surface area contributed by atoms with Crippen molar-refractivity contribution in [3.8, 4) is 5.75 Å². The summed E-state index contributed by atoms with van der Waals surface area (Å²) in [5, 5.41) is 12.2. The Morgan fingerprint density at radius 3 is 2.22 bits per heavy atom. The van der Waals surface area contributed by atoms with E-state index in [1.165, 1.54) is 31.4 Å². The number of carboxylic acids is 1. The number of amides is 2. The van der Waals surface area contributed by atoms with Gasteiger partial charge in [0.15, 0.2) is 6.10 Å². The zero-order chi connectivity index (χ0) is 26.9. The predicted octanol–water partition coefficient (Wildman–Crippen LogP) is 5.81. The normalized spacial score (nSPS) is 11.6. The van der Waals surface area contributed by atoms with E-state index in [1.807, 2.05) is 12.1 Å². The van der Waals surface area contributed by atoms with Gasteiger partial charge < -0.3 is 24.8 Å². The molecule has 0 fully saturated rings. The largest absolute Gasteiger partial charge is 0.492 e. The molecule has 0 saturated carbocycles. The van der Waals surface area contributed by atoms with Gasteiger partial charge in [0, 0.05) is 26.1 Å². The summed E-state index contributed by atoms with van der Waals surface area (Å²) in [6, 6.07) is 13.2. The molecule has 204 valence electrons. The summed E-state index contributed by atoms with van der Waals surface area (Å²) in [4.78, 5) is 25.9. The van der Waals surface area contributed by atoms with E-state index in [2.05, 4.69) is 12.2 Å². The fourth-order valence-corrected chi connectivity index (χ4v) is 3.92. The number of nitrogens with one attached hydrogen (secondary N) is 1. The van der Waals surface area contributed by atoms with Crippen LogP contribution in [0.15, 0.2) is 48.5 Å². The van der Waals surface area contributed by atoms with Crippen molar-refractivity contribution in [2.24, 2.45) is 0 Å². The number of halogens is 1. The lowest BCUT2D eigenvalue weighted by Gasteiger charge is -2.23. The highest BCUT2D eigenvalue weighted by molar-refractivity contribution is 5.74. The third-order valence-electron chi connectivity index (χ3n) is 6.04. The van der Waals surface area contributed by atoms with E-state index >= 15 is 0 Å². The Bertz CT molecular complexity index is 921. The van der Waals surface area contributed by atoms with Gasteiger partial charge in [-0.3, -0.25) is 0 Å². The number of urea groups is 1. The van der Waals surface area contributed by atoms with Crippen LogP contribution in [0.2, 0.25) is 0 Å². The van der Waals surface area contributed by atoms with E-state index in [4.69, 9.17) is 9.47 Å². The summed E-state index contributed by atoms with van der Waals surface area (Å²) in [5.41, 5.74) is 1.68. The molecule has 2 aromatic rings. The molecule has 0 aromatic heterocycles. The quantitative estimate of drug-likeness (QED) is 0.244. The van der Waals surface area contributed by atoms with Gasteiger partial charge in [0.1, 0.15) is 18.2 Å². The molecule has 0 radical (unpaired) electrons. The van der Waals surface area contributed by atoms with Crippen LogP contribution in [0.3, 0.4) is 0 Å². The summed E-state index contributed by atoms with van der Waals surface area (Å²) in [7, 11) is 0. The standard InChI is InChI=1S/C29H41FN2O5/c1-3-5-6-7-8-9-18-32(29(35)31-22-24-10-14-25(30)15-11-24)19-20-37-26-16-12-23(13-17-26)21-27(28(33)34)36-4-2/h10-17,27H,3-9,18-22H2,1-2H3,(H,31,35)(H,33,34). The third-order valence-corrected chi connectivity index (χ3v) is 6.04. The molecule has 0 heterocycles. The van der Waals surface area contributed by atoms with E-state index in [1.54, 1.807) is 36.1 Å². The van der Waals surface area contributed by atoms with Crippen LogP contribution < -0.4 is 10.1 Å². The van der Waals surface area contributed by atoms with Crippen LogP contribution in [0.1, 0.15) is 63.5 Å². The molecule has 1 atom stereocenters. The Hall–Kier alpha value is -3.13. The van der Waals surface area contributed by atoms with Crippen molar-refractivity contribution >= 4 is 12.0 Å². The highest BCUT2D eigenvalue weighted by Crippen LogP contribution is 2.15. The Labute approximate surface area is 220 Å². The maximum Gasteiger partial charge on any atom is 0.333 e. The average molecular weight is 517 g/mol. The van der Waals surface area contributed by atoms with Gasteiger partial charge in [-0.1, -0.05) is 63.3 Å². The van der Waals surface area contributed by atoms with Gasteiger partial charge in [0.2, 0.25) is 0 Å². The van der Waals surface area contributed by atoms with Crippen molar-refractivity contribution in [2.45, 2.75) is 71.4 Å². The van der Waals surface area contributed by atoms with Crippen LogP contribution in [-0.2, 0) is 22.5 Å². The summed E-state index contributed by atoms with van der Waals surface area (Å²) < 4.78 is 24.3. The lowest BCUT2D eigenvalue weighted by molar-refractivity contribution is -0.149. The van der Waals surface area contributed by atoms with E-state index in [9.17, 15) is 19.1 Å². The lowest BCUT2D eigenvalue weighted by Crippen LogP contribution is -2.42. The highest BCUT2D eigenvalue weighted by atomic mass is 19.1. The molecule has 2 rings (SSSR count). The number of benzene rings is 2. The van der Waals surface area contributed by atoms with Crippen LogP contribution >= 0.6 is 0 Å². The number of carbonyl (C=O) groups excluding carboxylic acids is 1. The minimum atomic E-state index is -0.981. The van der Waals surface area contributed by atoms with E-state index < -0.39 is 12.1 Å². The zero-order valence-corrected chi connectivity index (χ0v) is 22.1. The molecule has 2 N–H and O–H groups in total. The first-order valence-corrected chi connectivity index (χ1v) is 13.3. The van der Waals surface area contributed by atoms with Crippen LogP contribution in [0, 0.1) is 5.82 Å². The van der Waals surface area contributed by atoms with Crippen LogP contribution in [0.5, 0.6) is 5.75 Å². The Morgan fingerprint density at radius 2 is 1.57 bits per heavy atom. The Kier molecular flexibility index (Phi) is 14.1. The topological polar surface area (TPSA) is 88.1 Å². The van der Waals surface area contributed by atoms with Crippen molar-refractivity contribution in [1.82, 2.24) is 10.2 Å². The molecule has 8 heteroatoms. The molecule has 7 nitrogen and oxygen atoms in total. The fraction of sp³-hybridized carbons (Fsp3) is 0.517. The van der Waals surface area contributed by atoms with Gasteiger partial charge in [0.05, 0.1) is 6.54 Å². The van der Waals surface area contributed by atoms with Crippen LogP contribution in [-0.4, -0.2) is 54.4 Å². The Balaban J connectivity index is 1.86. The van der Waals surface area contributed by atoms with Gasteiger partial charge in [0.25, 0.3) is 0 Å². The summed E-state index contributed by atoms with van der Waals surface area (Å²) in [6.45, 7) is 6.02. The second-order valence-corrected chi connectivity index (χ2v) is 9.02. The molecule has 2 aromatic carbocycles.